The number of azo groups is 1. The van der Waals surface area contributed by atoms with Gasteiger partial charge in [0.05, 0.1) is 35.3 Å². The van der Waals surface area contributed by atoms with Crippen LogP contribution in [-0.4, -0.2) is 31.7 Å². The molecule has 1 aromatic heterocycles. The topological polar surface area (TPSA) is 136 Å². The number of nitrogens with two attached hydrogens (primary N) is 1. The van der Waals surface area contributed by atoms with E-state index in [-0.39, 0.29) is 10.6 Å². The van der Waals surface area contributed by atoms with Crippen LogP contribution >= 0.6 is 11.3 Å². The Hall–Kier alpha value is -2.76. The largest absolute Gasteiger partial charge is 0.495 e. The lowest BCUT2D eigenvalue weighted by atomic mass is 10.1. The normalized spacial score (nSPS) is 12.0. The van der Waals surface area contributed by atoms with Crippen LogP contribution in [0.4, 0.5) is 16.5 Å². The fourth-order valence-corrected chi connectivity index (χ4v) is 4.14. The fraction of sp³-hybridized carbons (Fsp3) is 0.316. The molecule has 3 N–H and O–H groups in total. The number of methoxy groups -OCH3 is 1. The van der Waals surface area contributed by atoms with Crippen molar-refractivity contribution in [3.05, 3.63) is 29.8 Å². The highest BCUT2D eigenvalue weighted by Gasteiger charge is 2.19. The summed E-state index contributed by atoms with van der Waals surface area (Å²) in [5.74, 6) is 0.579. The van der Waals surface area contributed by atoms with Crippen LogP contribution in [0.25, 0.3) is 10.2 Å². The molecule has 0 bridgehead atoms. The lowest BCUT2D eigenvalue weighted by molar-refractivity contribution is 0.311. The van der Waals surface area contributed by atoms with E-state index in [9.17, 15) is 13.0 Å². The van der Waals surface area contributed by atoms with E-state index in [4.69, 9.17) is 15.2 Å². The van der Waals surface area contributed by atoms with Crippen molar-refractivity contribution >= 4 is 48.2 Å². The lowest BCUT2D eigenvalue weighted by Gasteiger charge is -2.10. The molecule has 3 rings (SSSR count). The SMILES string of the molecule is CCCCOc1cc(N=Nc2nc3cc(S(=O)(=O)O)c(OC)cc3s2)c(C)cc1N. The summed E-state index contributed by atoms with van der Waals surface area (Å²) in [6.07, 6.45) is 1.94. The molecule has 0 spiro atoms. The Labute approximate surface area is 178 Å². The molecule has 30 heavy (non-hydrogen) atoms. The molecule has 0 unspecified atom stereocenters. The van der Waals surface area contributed by atoms with E-state index in [0.29, 0.717) is 39.1 Å². The summed E-state index contributed by atoms with van der Waals surface area (Å²) in [6.45, 7) is 4.51. The average Bonchev–Trinajstić information content (AvgIpc) is 3.09. The van der Waals surface area contributed by atoms with E-state index in [1.807, 2.05) is 6.92 Å². The number of benzene rings is 2. The third-order valence-corrected chi connectivity index (χ3v) is 6.04. The van der Waals surface area contributed by atoms with E-state index >= 15 is 0 Å². The van der Waals surface area contributed by atoms with Crippen LogP contribution in [0.5, 0.6) is 11.5 Å². The minimum absolute atomic E-state index is 0.0281. The van der Waals surface area contributed by atoms with Crippen molar-refractivity contribution in [1.82, 2.24) is 4.98 Å². The molecule has 0 saturated heterocycles. The molecule has 0 atom stereocenters. The van der Waals surface area contributed by atoms with Crippen molar-refractivity contribution in [2.45, 2.75) is 31.6 Å². The molecule has 0 saturated carbocycles. The molecule has 0 aliphatic carbocycles. The van der Waals surface area contributed by atoms with E-state index in [2.05, 4.69) is 22.1 Å². The number of rotatable bonds is 8. The number of hydrogen-bond acceptors (Lipinski definition) is 9. The Morgan fingerprint density at radius 3 is 2.63 bits per heavy atom. The first kappa shape index (κ1) is 21.9. The van der Waals surface area contributed by atoms with Gasteiger partial charge in [-0.05, 0) is 31.0 Å². The maximum absolute atomic E-state index is 11.6. The third kappa shape index (κ3) is 4.86. The molecular weight excluding hydrogens is 428 g/mol. The van der Waals surface area contributed by atoms with Crippen LogP contribution in [-0.2, 0) is 10.1 Å². The minimum Gasteiger partial charge on any atom is -0.495 e. The molecule has 0 aliphatic heterocycles. The number of nitrogens with zero attached hydrogens (tertiary/aromatic N) is 3. The molecule has 0 fully saturated rings. The molecule has 160 valence electrons. The summed E-state index contributed by atoms with van der Waals surface area (Å²) in [4.78, 5) is 3.93. The van der Waals surface area contributed by atoms with Crippen molar-refractivity contribution in [1.29, 1.82) is 0 Å². The van der Waals surface area contributed by atoms with Crippen molar-refractivity contribution < 1.29 is 22.4 Å². The Kier molecular flexibility index (Phi) is 6.54. The van der Waals surface area contributed by atoms with Gasteiger partial charge in [0.25, 0.3) is 10.1 Å². The van der Waals surface area contributed by atoms with Crippen molar-refractivity contribution in [3.63, 3.8) is 0 Å². The summed E-state index contributed by atoms with van der Waals surface area (Å²) in [7, 11) is -3.13. The number of ether oxygens (including phenoxy) is 2. The maximum Gasteiger partial charge on any atom is 0.298 e. The monoisotopic (exact) mass is 450 g/mol. The molecule has 2 aromatic carbocycles. The van der Waals surface area contributed by atoms with E-state index < -0.39 is 10.1 Å². The summed E-state index contributed by atoms with van der Waals surface area (Å²) in [5, 5.41) is 8.75. The molecule has 0 radical (unpaired) electrons. The predicted molar refractivity (Wildman–Crippen MR) is 116 cm³/mol. The number of thiazole rings is 1. The Morgan fingerprint density at radius 1 is 1.20 bits per heavy atom. The number of hydrogen-bond donors (Lipinski definition) is 2. The van der Waals surface area contributed by atoms with Gasteiger partial charge in [-0.2, -0.15) is 8.42 Å². The van der Waals surface area contributed by atoms with Gasteiger partial charge in [0.15, 0.2) is 0 Å². The highest BCUT2D eigenvalue weighted by atomic mass is 32.2. The van der Waals surface area contributed by atoms with Crippen molar-refractivity contribution in [2.75, 3.05) is 19.5 Å². The van der Waals surface area contributed by atoms with Crippen LogP contribution in [0.1, 0.15) is 25.3 Å². The Balaban J connectivity index is 1.93. The number of unbranched alkanes of at least 4 members (excludes halogenated alkanes) is 1. The zero-order valence-electron chi connectivity index (χ0n) is 16.7. The summed E-state index contributed by atoms with van der Waals surface area (Å²) < 4.78 is 43.9. The number of nitrogen functional groups attached to an aromatic ring is 1. The maximum atomic E-state index is 11.6. The van der Waals surface area contributed by atoms with Crippen molar-refractivity contribution in [3.8, 4) is 11.5 Å². The van der Waals surface area contributed by atoms with Gasteiger partial charge >= 0.3 is 0 Å². The highest BCUT2D eigenvalue weighted by molar-refractivity contribution is 7.86. The zero-order chi connectivity index (χ0) is 21.9. The molecule has 1 heterocycles. The van der Waals surface area contributed by atoms with Gasteiger partial charge in [-0.25, -0.2) is 4.98 Å². The van der Waals surface area contributed by atoms with Gasteiger partial charge in [-0.15, -0.1) is 10.2 Å². The smallest absolute Gasteiger partial charge is 0.298 e. The average molecular weight is 451 g/mol. The van der Waals surface area contributed by atoms with Crippen LogP contribution in [0.3, 0.4) is 0 Å². The number of anilines is 1. The second kappa shape index (κ2) is 8.94. The van der Waals surface area contributed by atoms with Crippen LogP contribution in [0, 0.1) is 6.92 Å². The third-order valence-electron chi connectivity index (χ3n) is 4.27. The van der Waals surface area contributed by atoms with E-state index in [0.717, 1.165) is 18.4 Å². The van der Waals surface area contributed by atoms with Crippen molar-refractivity contribution in [2.24, 2.45) is 10.2 Å². The number of aryl methyl sites for hydroxylation is 1. The van der Waals surface area contributed by atoms with Gasteiger partial charge in [0.1, 0.15) is 16.4 Å². The fourth-order valence-electron chi connectivity index (χ4n) is 2.68. The number of fused-ring (bicyclic) bond motifs is 1. The first-order chi connectivity index (χ1) is 14.2. The van der Waals surface area contributed by atoms with Gasteiger partial charge in [-0.3, -0.25) is 4.55 Å². The molecule has 9 nitrogen and oxygen atoms in total. The Bertz CT molecular complexity index is 1210. The second-order valence-electron chi connectivity index (χ2n) is 6.52. The molecule has 0 aliphatic rings. The van der Waals surface area contributed by atoms with E-state index in [1.54, 1.807) is 12.1 Å². The van der Waals surface area contributed by atoms with Gasteiger partial charge in [-0.1, -0.05) is 24.7 Å². The summed E-state index contributed by atoms with van der Waals surface area (Å²) in [6, 6.07) is 6.24. The van der Waals surface area contributed by atoms with Gasteiger partial charge in [0.2, 0.25) is 5.13 Å². The lowest BCUT2D eigenvalue weighted by Crippen LogP contribution is -2.01. The summed E-state index contributed by atoms with van der Waals surface area (Å²) >= 11 is 1.21. The second-order valence-corrected chi connectivity index (χ2v) is 8.92. The zero-order valence-corrected chi connectivity index (χ0v) is 18.4. The Morgan fingerprint density at radius 2 is 1.97 bits per heavy atom. The number of aromatic nitrogens is 1. The molecule has 11 heteroatoms. The first-order valence-electron chi connectivity index (χ1n) is 9.13. The minimum atomic E-state index is -4.45. The highest BCUT2D eigenvalue weighted by Crippen LogP contribution is 2.37. The summed E-state index contributed by atoms with van der Waals surface area (Å²) in [5.41, 5.74) is 8.33. The van der Waals surface area contributed by atoms with Crippen LogP contribution in [0.2, 0.25) is 0 Å². The van der Waals surface area contributed by atoms with E-state index in [1.165, 1.54) is 30.6 Å². The van der Waals surface area contributed by atoms with Crippen LogP contribution < -0.4 is 15.2 Å². The molecule has 3 aromatic rings. The van der Waals surface area contributed by atoms with Gasteiger partial charge in [0, 0.05) is 12.1 Å². The van der Waals surface area contributed by atoms with Crippen LogP contribution in [0.15, 0.2) is 39.4 Å². The standard InChI is InChI=1S/C19H22N4O5S2/c1-4-5-6-28-15-8-13(11(2)7-12(15)20)22-23-19-21-14-9-18(30(24,25)26)16(27-3)10-17(14)29-19/h7-10H,4-6,20H2,1-3H3,(H,24,25,26). The van der Waals surface area contributed by atoms with Gasteiger partial charge < -0.3 is 15.2 Å². The molecular formula is C19H22N4O5S2. The first-order valence-corrected chi connectivity index (χ1v) is 11.4. The quantitative estimate of drug-likeness (QED) is 0.212. The predicted octanol–water partition coefficient (Wildman–Crippen LogP) is 5.04. The molecule has 0 amide bonds.